The van der Waals surface area contributed by atoms with Gasteiger partial charge in [-0.25, -0.2) is 21.6 Å². The molecule has 2 rings (SSSR count). The lowest BCUT2D eigenvalue weighted by molar-refractivity contribution is -0.0671. The van der Waals surface area contributed by atoms with Gasteiger partial charge in [-0.05, 0) is 32.0 Å². The second-order valence-electron chi connectivity index (χ2n) is 6.28. The fourth-order valence-corrected chi connectivity index (χ4v) is 5.07. The highest BCUT2D eigenvalue weighted by atomic mass is 35.5. The van der Waals surface area contributed by atoms with Gasteiger partial charge in [-0.3, -0.25) is 4.90 Å². The molecule has 142 valence electrons. The summed E-state index contributed by atoms with van der Waals surface area (Å²) in [7, 11) is -7.43. The summed E-state index contributed by atoms with van der Waals surface area (Å²) in [6.07, 6.45) is 1.21. The second-order valence-corrected chi connectivity index (χ2v) is 10.4. The van der Waals surface area contributed by atoms with Crippen molar-refractivity contribution in [3.63, 3.8) is 0 Å². The van der Waals surface area contributed by atoms with Crippen molar-refractivity contribution in [1.29, 1.82) is 0 Å². The van der Waals surface area contributed by atoms with Crippen LogP contribution < -0.4 is 4.72 Å². The van der Waals surface area contributed by atoms with Gasteiger partial charge < -0.3 is 4.74 Å². The van der Waals surface area contributed by atoms with Crippen LogP contribution in [-0.4, -0.2) is 66.4 Å². The molecule has 0 saturated carbocycles. The molecule has 1 saturated heterocycles. The maximum Gasteiger partial charge on any atom is 0.242 e. The summed E-state index contributed by atoms with van der Waals surface area (Å²) in [5.41, 5.74) is 0. The lowest BCUT2D eigenvalue weighted by Crippen LogP contribution is -2.47. The maximum atomic E-state index is 12.5. The Hall–Kier alpha value is -0.710. The monoisotopic (exact) mass is 410 g/mol. The maximum absolute atomic E-state index is 12.5. The van der Waals surface area contributed by atoms with Crippen LogP contribution in [0.4, 0.5) is 0 Å². The Labute approximate surface area is 154 Å². The standard InChI is InChI=1S/C15H23ClN2O5S2/c1-11-9-18(10-12(2)23-11)7-6-17-25(21,22)15-8-13(24(3,19)20)4-5-14(15)16/h4-5,8,11-12,17H,6-7,9-10H2,1-3H3. The van der Waals surface area contributed by atoms with Gasteiger partial charge in [0, 0.05) is 32.4 Å². The molecule has 0 aliphatic carbocycles. The van der Waals surface area contributed by atoms with E-state index >= 15 is 0 Å². The first kappa shape index (κ1) is 20.6. The number of ether oxygens (including phenoxy) is 1. The summed E-state index contributed by atoms with van der Waals surface area (Å²) in [5.74, 6) is 0. The molecular formula is C15H23ClN2O5S2. The van der Waals surface area contributed by atoms with E-state index in [0.717, 1.165) is 25.4 Å². The molecule has 0 amide bonds. The Kier molecular flexibility index (Phi) is 6.50. The third-order valence-electron chi connectivity index (χ3n) is 3.84. The molecule has 0 aromatic heterocycles. The first-order chi connectivity index (χ1) is 11.5. The van der Waals surface area contributed by atoms with Crippen LogP contribution in [0.3, 0.4) is 0 Å². The van der Waals surface area contributed by atoms with Gasteiger partial charge in [-0.1, -0.05) is 11.6 Å². The van der Waals surface area contributed by atoms with E-state index in [0.29, 0.717) is 6.54 Å². The van der Waals surface area contributed by atoms with Gasteiger partial charge in [0.15, 0.2) is 9.84 Å². The van der Waals surface area contributed by atoms with Crippen molar-refractivity contribution in [2.45, 2.75) is 35.8 Å². The number of hydrogen-bond donors (Lipinski definition) is 1. The quantitative estimate of drug-likeness (QED) is 0.755. The Morgan fingerprint density at radius 2 is 1.80 bits per heavy atom. The van der Waals surface area contributed by atoms with E-state index in [1.165, 1.54) is 12.1 Å². The average Bonchev–Trinajstić information content (AvgIpc) is 2.45. The predicted octanol–water partition coefficient (Wildman–Crippen LogP) is 1.13. The zero-order valence-electron chi connectivity index (χ0n) is 14.4. The molecule has 1 aromatic carbocycles. The third-order valence-corrected chi connectivity index (χ3v) is 6.89. The highest BCUT2D eigenvalue weighted by Gasteiger charge is 2.24. The zero-order chi connectivity index (χ0) is 18.8. The molecule has 7 nitrogen and oxygen atoms in total. The van der Waals surface area contributed by atoms with Crippen molar-refractivity contribution in [2.75, 3.05) is 32.4 Å². The lowest BCUT2D eigenvalue weighted by atomic mass is 10.2. The van der Waals surface area contributed by atoms with E-state index < -0.39 is 19.9 Å². The van der Waals surface area contributed by atoms with Crippen LogP contribution in [-0.2, 0) is 24.6 Å². The van der Waals surface area contributed by atoms with Crippen LogP contribution in [0.2, 0.25) is 5.02 Å². The van der Waals surface area contributed by atoms with Crippen molar-refractivity contribution in [1.82, 2.24) is 9.62 Å². The smallest absolute Gasteiger partial charge is 0.242 e. The largest absolute Gasteiger partial charge is 0.373 e. The number of sulfone groups is 1. The molecule has 10 heteroatoms. The number of benzene rings is 1. The number of nitrogens with one attached hydrogen (secondary N) is 1. The molecule has 1 aliphatic heterocycles. The normalized spacial score (nSPS) is 22.9. The van der Waals surface area contributed by atoms with Gasteiger partial charge in [-0.2, -0.15) is 0 Å². The van der Waals surface area contributed by atoms with Gasteiger partial charge in [-0.15, -0.1) is 0 Å². The summed E-state index contributed by atoms with van der Waals surface area (Å²) < 4.78 is 56.3. The minimum absolute atomic E-state index is 0.0199. The van der Waals surface area contributed by atoms with Gasteiger partial charge in [0.25, 0.3) is 0 Å². The van der Waals surface area contributed by atoms with Crippen LogP contribution in [0.15, 0.2) is 28.0 Å². The fourth-order valence-electron chi connectivity index (χ4n) is 2.80. The van der Waals surface area contributed by atoms with Gasteiger partial charge in [0.1, 0.15) is 4.90 Å². The lowest BCUT2D eigenvalue weighted by Gasteiger charge is -2.35. The number of sulfonamides is 1. The van der Waals surface area contributed by atoms with Crippen molar-refractivity contribution < 1.29 is 21.6 Å². The molecule has 0 spiro atoms. The molecule has 1 aromatic rings. The van der Waals surface area contributed by atoms with Crippen LogP contribution in [0.5, 0.6) is 0 Å². The Morgan fingerprint density at radius 1 is 1.20 bits per heavy atom. The van der Waals surface area contributed by atoms with E-state index in [-0.39, 0.29) is 33.6 Å². The van der Waals surface area contributed by atoms with Gasteiger partial charge in [0.05, 0.1) is 22.1 Å². The van der Waals surface area contributed by atoms with Crippen LogP contribution >= 0.6 is 11.6 Å². The second kappa shape index (κ2) is 7.89. The van der Waals surface area contributed by atoms with Crippen LogP contribution in [0.25, 0.3) is 0 Å². The number of hydrogen-bond acceptors (Lipinski definition) is 6. The van der Waals surface area contributed by atoms with E-state index in [2.05, 4.69) is 9.62 Å². The zero-order valence-corrected chi connectivity index (χ0v) is 16.8. The highest BCUT2D eigenvalue weighted by molar-refractivity contribution is 7.91. The van der Waals surface area contributed by atoms with Crippen molar-refractivity contribution >= 4 is 31.5 Å². The summed E-state index contributed by atoms with van der Waals surface area (Å²) in [6.45, 7) is 6.14. The summed E-state index contributed by atoms with van der Waals surface area (Å²) >= 11 is 5.96. The fraction of sp³-hybridized carbons (Fsp3) is 0.600. The number of nitrogens with zero attached hydrogens (tertiary/aromatic N) is 1. The first-order valence-electron chi connectivity index (χ1n) is 7.86. The summed E-state index contributed by atoms with van der Waals surface area (Å²) in [6, 6.07) is 3.64. The molecule has 2 unspecified atom stereocenters. The van der Waals surface area contributed by atoms with Crippen LogP contribution in [0, 0.1) is 0 Å². The van der Waals surface area contributed by atoms with Gasteiger partial charge >= 0.3 is 0 Å². The third kappa shape index (κ3) is 5.63. The molecule has 1 aliphatic rings. The predicted molar refractivity (Wildman–Crippen MR) is 96.2 cm³/mol. The number of rotatable bonds is 6. The summed E-state index contributed by atoms with van der Waals surface area (Å²) in [5, 5.41) is -0.0199. The van der Waals surface area contributed by atoms with Gasteiger partial charge in [0.2, 0.25) is 10.0 Å². The molecule has 1 fully saturated rings. The van der Waals surface area contributed by atoms with E-state index in [4.69, 9.17) is 16.3 Å². The van der Waals surface area contributed by atoms with Crippen molar-refractivity contribution in [3.8, 4) is 0 Å². The van der Waals surface area contributed by atoms with E-state index in [1.54, 1.807) is 0 Å². The minimum Gasteiger partial charge on any atom is -0.373 e. The number of morpholine rings is 1. The minimum atomic E-state index is -3.91. The Bertz CT molecular complexity index is 816. The molecule has 1 N–H and O–H groups in total. The Balaban J connectivity index is 2.07. The average molecular weight is 411 g/mol. The van der Waals surface area contributed by atoms with Crippen molar-refractivity contribution in [2.24, 2.45) is 0 Å². The van der Waals surface area contributed by atoms with Crippen LogP contribution in [0.1, 0.15) is 13.8 Å². The molecular weight excluding hydrogens is 388 g/mol. The molecule has 0 bridgehead atoms. The topological polar surface area (TPSA) is 92.8 Å². The summed E-state index contributed by atoms with van der Waals surface area (Å²) in [4.78, 5) is 1.80. The number of halogens is 1. The Morgan fingerprint density at radius 3 is 2.36 bits per heavy atom. The van der Waals surface area contributed by atoms with E-state index in [1.807, 2.05) is 13.8 Å². The first-order valence-corrected chi connectivity index (χ1v) is 11.6. The van der Waals surface area contributed by atoms with E-state index in [9.17, 15) is 16.8 Å². The molecule has 0 radical (unpaired) electrons. The molecule has 25 heavy (non-hydrogen) atoms. The molecule has 2 atom stereocenters. The van der Waals surface area contributed by atoms with Crippen molar-refractivity contribution in [3.05, 3.63) is 23.2 Å². The highest BCUT2D eigenvalue weighted by Crippen LogP contribution is 2.24. The SMILES string of the molecule is CC1CN(CCNS(=O)(=O)c2cc(S(C)(=O)=O)ccc2Cl)CC(C)O1. The molecule has 1 heterocycles.